The lowest BCUT2D eigenvalue weighted by molar-refractivity contribution is 0.0505. The molecule has 0 aromatic carbocycles. The number of fused-ring (bicyclic) bond motifs is 1. The van der Waals surface area contributed by atoms with Crippen LogP contribution in [-0.4, -0.2) is 44.4 Å². The number of nitrogens with one attached hydrogen (secondary N) is 2. The summed E-state index contributed by atoms with van der Waals surface area (Å²) in [5.41, 5.74) is 1.03. The van der Waals surface area contributed by atoms with Crippen LogP contribution < -0.4 is 10.6 Å². The zero-order valence-corrected chi connectivity index (χ0v) is 19.5. The van der Waals surface area contributed by atoms with Gasteiger partial charge in [0.1, 0.15) is 5.60 Å². The number of aryl methyl sites for hydroxylation is 1. The highest BCUT2D eigenvalue weighted by Gasteiger charge is 2.37. The molecule has 3 rings (SSSR count). The third-order valence-corrected chi connectivity index (χ3v) is 5.86. The van der Waals surface area contributed by atoms with Crippen molar-refractivity contribution in [3.8, 4) is 0 Å². The van der Waals surface area contributed by atoms with Gasteiger partial charge in [-0.25, -0.2) is 14.5 Å². The smallest absolute Gasteiger partial charge is 0.407 e. The van der Waals surface area contributed by atoms with Crippen molar-refractivity contribution in [2.24, 2.45) is 0 Å². The third-order valence-electron chi connectivity index (χ3n) is 5.86. The van der Waals surface area contributed by atoms with Crippen LogP contribution >= 0.6 is 0 Å². The summed E-state index contributed by atoms with van der Waals surface area (Å²) in [7, 11) is 0. The molecule has 31 heavy (non-hydrogen) atoms. The molecule has 2 aromatic heterocycles. The number of hydrogen-bond donors (Lipinski definition) is 2. The monoisotopic (exact) mass is 429 g/mol. The van der Waals surface area contributed by atoms with Gasteiger partial charge in [-0.2, -0.15) is 5.10 Å². The Hall–Kier alpha value is -2.64. The highest BCUT2D eigenvalue weighted by Crippen LogP contribution is 2.30. The molecule has 0 radical (unpaired) electrons. The molecule has 0 saturated heterocycles. The standard InChI is InChI=1S/C23H35N5O3/c1-7-16(3)28-19-18(13-25-28)17(12-15(2)26-19)20(29)27-23(10-8-9-11-23)14-24-21(30)31-22(4,5)6/h12-13,16H,7-11,14H2,1-6H3,(H,24,30)(H,27,29). The van der Waals surface area contributed by atoms with Gasteiger partial charge in [-0.15, -0.1) is 0 Å². The molecule has 170 valence electrons. The maximum absolute atomic E-state index is 13.4. The summed E-state index contributed by atoms with van der Waals surface area (Å²) in [6, 6.07) is 2.01. The summed E-state index contributed by atoms with van der Waals surface area (Å²) in [6.45, 7) is 11.9. The fourth-order valence-electron chi connectivity index (χ4n) is 4.09. The predicted octanol–water partition coefficient (Wildman–Crippen LogP) is 4.28. The van der Waals surface area contributed by atoms with Crippen molar-refractivity contribution in [2.45, 2.75) is 90.8 Å². The van der Waals surface area contributed by atoms with Gasteiger partial charge < -0.3 is 15.4 Å². The number of ether oxygens (including phenoxy) is 1. The van der Waals surface area contributed by atoms with E-state index >= 15 is 0 Å². The minimum absolute atomic E-state index is 0.160. The van der Waals surface area contributed by atoms with E-state index < -0.39 is 17.2 Å². The van der Waals surface area contributed by atoms with E-state index in [2.05, 4.69) is 34.6 Å². The van der Waals surface area contributed by atoms with E-state index in [0.717, 1.165) is 48.8 Å². The number of alkyl carbamates (subject to hydrolysis) is 1. The van der Waals surface area contributed by atoms with Gasteiger partial charge in [0.05, 0.1) is 28.7 Å². The van der Waals surface area contributed by atoms with Gasteiger partial charge >= 0.3 is 6.09 Å². The number of pyridine rings is 1. The van der Waals surface area contributed by atoms with Crippen molar-refractivity contribution in [3.63, 3.8) is 0 Å². The van der Waals surface area contributed by atoms with Crippen molar-refractivity contribution in [2.75, 3.05) is 6.54 Å². The Morgan fingerprint density at radius 2 is 1.97 bits per heavy atom. The van der Waals surface area contributed by atoms with Crippen molar-refractivity contribution in [3.05, 3.63) is 23.5 Å². The van der Waals surface area contributed by atoms with E-state index in [1.165, 1.54) is 0 Å². The molecule has 0 spiro atoms. The topological polar surface area (TPSA) is 98.1 Å². The molecule has 1 atom stereocenters. The molecule has 1 fully saturated rings. The highest BCUT2D eigenvalue weighted by molar-refractivity contribution is 6.05. The number of carbonyl (C=O) groups is 2. The van der Waals surface area contributed by atoms with Gasteiger partial charge in [-0.05, 0) is 59.9 Å². The quantitative estimate of drug-likeness (QED) is 0.714. The summed E-state index contributed by atoms with van der Waals surface area (Å²) >= 11 is 0. The van der Waals surface area contributed by atoms with Gasteiger partial charge in [0.2, 0.25) is 0 Å². The van der Waals surface area contributed by atoms with Crippen molar-refractivity contribution < 1.29 is 14.3 Å². The lowest BCUT2D eigenvalue weighted by Crippen LogP contribution is -2.54. The maximum Gasteiger partial charge on any atom is 0.407 e. The molecule has 1 aliphatic carbocycles. The second-order valence-electron chi connectivity index (χ2n) is 9.69. The first-order valence-corrected chi connectivity index (χ1v) is 11.2. The van der Waals surface area contributed by atoms with Crippen LogP contribution in [0.25, 0.3) is 11.0 Å². The van der Waals surface area contributed by atoms with Crippen molar-refractivity contribution >= 4 is 23.0 Å². The van der Waals surface area contributed by atoms with E-state index in [1.54, 1.807) is 6.20 Å². The summed E-state index contributed by atoms with van der Waals surface area (Å²) in [4.78, 5) is 30.2. The first-order chi connectivity index (χ1) is 14.5. The number of rotatable bonds is 6. The molecular formula is C23H35N5O3. The van der Waals surface area contributed by atoms with E-state index in [-0.39, 0.29) is 11.9 Å². The van der Waals surface area contributed by atoms with Gasteiger partial charge in [0, 0.05) is 12.2 Å². The molecule has 8 nitrogen and oxygen atoms in total. The summed E-state index contributed by atoms with van der Waals surface area (Å²) < 4.78 is 7.24. The molecule has 2 aromatic rings. The Balaban J connectivity index is 1.82. The Labute approximate surface area is 184 Å². The number of nitrogens with zero attached hydrogens (tertiary/aromatic N) is 3. The molecule has 2 amide bonds. The molecule has 1 unspecified atom stereocenters. The molecular weight excluding hydrogens is 394 g/mol. The van der Waals surface area contributed by atoms with E-state index in [1.807, 2.05) is 38.4 Å². The summed E-state index contributed by atoms with van der Waals surface area (Å²) in [6.07, 6.45) is 5.82. The van der Waals surface area contributed by atoms with Gasteiger partial charge in [-0.1, -0.05) is 19.8 Å². The summed E-state index contributed by atoms with van der Waals surface area (Å²) in [5.74, 6) is -0.160. The van der Waals surface area contributed by atoms with Gasteiger partial charge in [0.25, 0.3) is 5.91 Å². The van der Waals surface area contributed by atoms with E-state index in [9.17, 15) is 9.59 Å². The van der Waals surface area contributed by atoms with Crippen LogP contribution in [0.1, 0.15) is 88.8 Å². The normalized spacial score (nSPS) is 16.8. The van der Waals surface area contributed by atoms with Crippen LogP contribution in [0.3, 0.4) is 0 Å². The highest BCUT2D eigenvalue weighted by atomic mass is 16.6. The second-order valence-corrected chi connectivity index (χ2v) is 9.69. The van der Waals surface area contributed by atoms with Gasteiger partial charge in [0.15, 0.2) is 5.65 Å². The molecule has 1 saturated carbocycles. The Morgan fingerprint density at radius 1 is 1.29 bits per heavy atom. The van der Waals surface area contributed by atoms with Gasteiger partial charge in [-0.3, -0.25) is 4.79 Å². The number of amides is 2. The first-order valence-electron chi connectivity index (χ1n) is 11.2. The van der Waals surface area contributed by atoms with Crippen LogP contribution in [0.15, 0.2) is 12.3 Å². The molecule has 2 N–H and O–H groups in total. The SMILES string of the molecule is CCC(C)n1ncc2c(C(=O)NC3(CNC(=O)OC(C)(C)C)CCCC3)cc(C)nc21. The molecule has 8 heteroatoms. The summed E-state index contributed by atoms with van der Waals surface area (Å²) in [5, 5.41) is 11.3. The fourth-order valence-corrected chi connectivity index (χ4v) is 4.09. The lowest BCUT2D eigenvalue weighted by atomic mass is 9.96. The minimum Gasteiger partial charge on any atom is -0.444 e. The van der Waals surface area contributed by atoms with Crippen LogP contribution in [0.2, 0.25) is 0 Å². The predicted molar refractivity (Wildman–Crippen MR) is 120 cm³/mol. The third kappa shape index (κ3) is 5.35. The molecule has 0 bridgehead atoms. The number of carbonyl (C=O) groups excluding carboxylic acids is 2. The fraction of sp³-hybridized carbons (Fsp3) is 0.652. The Kier molecular flexibility index (Phi) is 6.57. The van der Waals surface area contributed by atoms with E-state index in [0.29, 0.717) is 12.1 Å². The van der Waals surface area contributed by atoms with Crippen LogP contribution in [0.4, 0.5) is 4.79 Å². The average molecular weight is 430 g/mol. The van der Waals surface area contributed by atoms with Crippen LogP contribution in [0.5, 0.6) is 0 Å². The zero-order chi connectivity index (χ0) is 22.8. The van der Waals surface area contributed by atoms with E-state index in [4.69, 9.17) is 4.74 Å². The van der Waals surface area contributed by atoms with Crippen molar-refractivity contribution in [1.29, 1.82) is 0 Å². The zero-order valence-electron chi connectivity index (χ0n) is 19.5. The number of aromatic nitrogens is 3. The Bertz CT molecular complexity index is 954. The van der Waals surface area contributed by atoms with Crippen LogP contribution in [-0.2, 0) is 4.74 Å². The minimum atomic E-state index is -0.563. The molecule has 0 aliphatic heterocycles. The average Bonchev–Trinajstić information content (AvgIpc) is 3.31. The lowest BCUT2D eigenvalue weighted by Gasteiger charge is -2.31. The second kappa shape index (κ2) is 8.85. The van der Waals surface area contributed by atoms with Crippen LogP contribution in [0, 0.1) is 6.92 Å². The largest absolute Gasteiger partial charge is 0.444 e. The maximum atomic E-state index is 13.4. The first kappa shape index (κ1) is 23.0. The number of hydrogen-bond acceptors (Lipinski definition) is 5. The Morgan fingerprint density at radius 3 is 2.58 bits per heavy atom. The van der Waals surface area contributed by atoms with Crippen molar-refractivity contribution in [1.82, 2.24) is 25.4 Å². The molecule has 1 aliphatic rings. The molecule has 2 heterocycles.